The van der Waals surface area contributed by atoms with Gasteiger partial charge in [-0.05, 0) is 36.2 Å². The van der Waals surface area contributed by atoms with E-state index >= 15 is 0 Å². The monoisotopic (exact) mass is 317 g/mol. The van der Waals surface area contributed by atoms with Crippen molar-refractivity contribution < 1.29 is 23.8 Å². The van der Waals surface area contributed by atoms with E-state index in [1.54, 1.807) is 44.4 Å². The number of rotatable bonds is 7. The molecule has 0 aliphatic rings. The minimum atomic E-state index is -1.40. The lowest BCUT2D eigenvalue weighted by Crippen LogP contribution is -2.55. The van der Waals surface area contributed by atoms with E-state index in [0.717, 1.165) is 5.56 Å². The van der Waals surface area contributed by atoms with E-state index < -0.39 is 17.4 Å². The molecule has 0 bridgehead atoms. The third-order valence-corrected chi connectivity index (χ3v) is 3.78. The van der Waals surface area contributed by atoms with Crippen LogP contribution in [0.15, 0.2) is 47.1 Å². The number of hydrogen-bond donors (Lipinski definition) is 2. The molecule has 23 heavy (non-hydrogen) atoms. The highest BCUT2D eigenvalue weighted by atomic mass is 16.5. The van der Waals surface area contributed by atoms with Crippen molar-refractivity contribution in [2.24, 2.45) is 0 Å². The molecule has 0 aliphatic carbocycles. The van der Waals surface area contributed by atoms with Crippen LogP contribution in [-0.2, 0) is 11.2 Å². The van der Waals surface area contributed by atoms with Gasteiger partial charge >= 0.3 is 5.97 Å². The number of carboxylic acid groups (broad SMARTS) is 1. The van der Waals surface area contributed by atoms with Crippen molar-refractivity contribution in [3.63, 3.8) is 0 Å². The molecule has 0 fully saturated rings. The molecule has 1 atom stereocenters. The Balaban J connectivity index is 2.23. The summed E-state index contributed by atoms with van der Waals surface area (Å²) in [7, 11) is 1.56. The van der Waals surface area contributed by atoms with Crippen LogP contribution in [0.5, 0.6) is 5.75 Å². The molecular formula is C17H19NO5. The first-order valence-corrected chi connectivity index (χ1v) is 7.23. The van der Waals surface area contributed by atoms with Gasteiger partial charge in [0.2, 0.25) is 0 Å². The van der Waals surface area contributed by atoms with Gasteiger partial charge in [0.1, 0.15) is 11.3 Å². The molecule has 0 aliphatic heterocycles. The zero-order chi connectivity index (χ0) is 16.9. The van der Waals surface area contributed by atoms with Crippen molar-refractivity contribution in [1.29, 1.82) is 0 Å². The third-order valence-electron chi connectivity index (χ3n) is 3.78. The fourth-order valence-corrected chi connectivity index (χ4v) is 2.32. The molecule has 1 aromatic carbocycles. The van der Waals surface area contributed by atoms with Gasteiger partial charge in [0.15, 0.2) is 5.76 Å². The quantitative estimate of drug-likeness (QED) is 0.819. The zero-order valence-corrected chi connectivity index (χ0v) is 13.0. The van der Waals surface area contributed by atoms with Crippen LogP contribution < -0.4 is 10.1 Å². The first kappa shape index (κ1) is 16.6. The van der Waals surface area contributed by atoms with E-state index in [1.807, 2.05) is 0 Å². The van der Waals surface area contributed by atoms with E-state index in [4.69, 9.17) is 9.15 Å². The van der Waals surface area contributed by atoms with Crippen LogP contribution in [0.3, 0.4) is 0 Å². The van der Waals surface area contributed by atoms with Gasteiger partial charge in [-0.3, -0.25) is 4.79 Å². The summed E-state index contributed by atoms with van der Waals surface area (Å²) in [6.45, 7) is 1.72. The van der Waals surface area contributed by atoms with Crippen LogP contribution in [0.2, 0.25) is 0 Å². The second kappa shape index (κ2) is 7.00. The maximum Gasteiger partial charge on any atom is 0.329 e. The number of carboxylic acids is 1. The van der Waals surface area contributed by atoms with Gasteiger partial charge in [-0.15, -0.1) is 0 Å². The summed E-state index contributed by atoms with van der Waals surface area (Å²) in [4.78, 5) is 24.0. The normalized spacial score (nSPS) is 13.1. The van der Waals surface area contributed by atoms with E-state index in [-0.39, 0.29) is 18.6 Å². The third kappa shape index (κ3) is 3.71. The number of aliphatic carboxylic acids is 1. The van der Waals surface area contributed by atoms with Gasteiger partial charge in [-0.2, -0.15) is 0 Å². The number of methoxy groups -OCH3 is 1. The van der Waals surface area contributed by atoms with Gasteiger partial charge in [-0.25, -0.2) is 4.79 Å². The molecule has 6 nitrogen and oxygen atoms in total. The molecule has 122 valence electrons. The summed E-state index contributed by atoms with van der Waals surface area (Å²) >= 11 is 0. The van der Waals surface area contributed by atoms with E-state index in [2.05, 4.69) is 5.32 Å². The number of amides is 1. The summed E-state index contributed by atoms with van der Waals surface area (Å²) in [6, 6.07) is 10.1. The lowest BCUT2D eigenvalue weighted by Gasteiger charge is -2.29. The summed E-state index contributed by atoms with van der Waals surface area (Å²) in [5.74, 6) is -0.868. The second-order valence-electron chi connectivity index (χ2n) is 5.20. The van der Waals surface area contributed by atoms with Crippen molar-refractivity contribution in [2.75, 3.05) is 7.11 Å². The molecule has 0 saturated carbocycles. The molecule has 0 saturated heterocycles. The fourth-order valence-electron chi connectivity index (χ4n) is 2.32. The van der Waals surface area contributed by atoms with Gasteiger partial charge in [0, 0.05) is 6.42 Å². The predicted molar refractivity (Wildman–Crippen MR) is 83.5 cm³/mol. The molecule has 0 radical (unpaired) electrons. The predicted octanol–water partition coefficient (Wildman–Crippen LogP) is 2.49. The lowest BCUT2D eigenvalue weighted by molar-refractivity contribution is -0.144. The van der Waals surface area contributed by atoms with Crippen molar-refractivity contribution in [3.8, 4) is 5.75 Å². The Labute approximate surface area is 134 Å². The van der Waals surface area contributed by atoms with Crippen molar-refractivity contribution in [1.82, 2.24) is 5.32 Å². The Morgan fingerprint density at radius 1 is 1.26 bits per heavy atom. The Bertz CT molecular complexity index is 663. The lowest BCUT2D eigenvalue weighted by atomic mass is 9.88. The Morgan fingerprint density at radius 2 is 1.96 bits per heavy atom. The summed E-state index contributed by atoms with van der Waals surface area (Å²) < 4.78 is 10.1. The van der Waals surface area contributed by atoms with Crippen molar-refractivity contribution in [2.45, 2.75) is 25.3 Å². The van der Waals surface area contributed by atoms with E-state index in [9.17, 15) is 14.7 Å². The molecule has 2 N–H and O–H groups in total. The van der Waals surface area contributed by atoms with Crippen LogP contribution in [0.25, 0.3) is 0 Å². The fraction of sp³-hybridized carbons (Fsp3) is 0.294. The van der Waals surface area contributed by atoms with Crippen molar-refractivity contribution >= 4 is 11.9 Å². The highest BCUT2D eigenvalue weighted by molar-refractivity contribution is 5.95. The number of hydrogen-bond acceptors (Lipinski definition) is 4. The minimum absolute atomic E-state index is 0.0822. The first-order chi connectivity index (χ1) is 11.0. The van der Waals surface area contributed by atoms with Gasteiger partial charge in [0.25, 0.3) is 5.91 Å². The molecular weight excluding hydrogens is 298 g/mol. The van der Waals surface area contributed by atoms with Crippen molar-refractivity contribution in [3.05, 3.63) is 54.0 Å². The second-order valence-corrected chi connectivity index (χ2v) is 5.20. The van der Waals surface area contributed by atoms with Crippen LogP contribution in [0.1, 0.15) is 29.5 Å². The molecule has 1 amide bonds. The summed E-state index contributed by atoms with van der Waals surface area (Å²) in [5.41, 5.74) is -0.617. The van der Waals surface area contributed by atoms with Crippen LogP contribution in [-0.4, -0.2) is 29.6 Å². The molecule has 6 heteroatoms. The SMILES string of the molecule is CC[C@@](Cc1ccc(OC)cc1)(NC(=O)c1ccco1)C(=O)O. The standard InChI is InChI=1S/C17H19NO5/c1-3-17(16(20)21,18-15(19)14-5-4-10-23-14)11-12-6-8-13(22-2)9-7-12/h4-10H,3,11H2,1-2H3,(H,18,19)(H,20,21)/t17-/m0/s1. The Kier molecular flexibility index (Phi) is 5.05. The number of ether oxygens (including phenoxy) is 1. The maximum atomic E-state index is 12.2. The van der Waals surface area contributed by atoms with Crippen LogP contribution in [0.4, 0.5) is 0 Å². The number of benzene rings is 1. The topological polar surface area (TPSA) is 88.8 Å². The average molecular weight is 317 g/mol. The molecule has 0 unspecified atom stereocenters. The largest absolute Gasteiger partial charge is 0.497 e. The highest BCUT2D eigenvalue weighted by Crippen LogP contribution is 2.21. The van der Waals surface area contributed by atoms with Crippen LogP contribution in [0, 0.1) is 0 Å². The van der Waals surface area contributed by atoms with Gasteiger partial charge in [-0.1, -0.05) is 19.1 Å². The number of carbonyl (C=O) groups is 2. The smallest absolute Gasteiger partial charge is 0.329 e. The Hall–Kier alpha value is -2.76. The summed E-state index contributed by atoms with van der Waals surface area (Å²) in [5, 5.41) is 12.3. The van der Waals surface area contributed by atoms with E-state index in [1.165, 1.54) is 12.3 Å². The number of carbonyl (C=O) groups excluding carboxylic acids is 1. The minimum Gasteiger partial charge on any atom is -0.497 e. The Morgan fingerprint density at radius 3 is 2.43 bits per heavy atom. The van der Waals surface area contributed by atoms with Gasteiger partial charge in [0.05, 0.1) is 13.4 Å². The highest BCUT2D eigenvalue weighted by Gasteiger charge is 2.39. The average Bonchev–Trinajstić information content (AvgIpc) is 3.09. The molecule has 1 aromatic heterocycles. The molecule has 2 aromatic rings. The van der Waals surface area contributed by atoms with Crippen LogP contribution >= 0.6 is 0 Å². The molecule has 1 heterocycles. The molecule has 0 spiro atoms. The number of nitrogens with one attached hydrogen (secondary N) is 1. The summed E-state index contributed by atoms with van der Waals surface area (Å²) in [6.07, 6.45) is 1.77. The van der Waals surface area contributed by atoms with Gasteiger partial charge < -0.3 is 19.6 Å². The van der Waals surface area contributed by atoms with E-state index in [0.29, 0.717) is 5.75 Å². The maximum absolute atomic E-state index is 12.2. The first-order valence-electron chi connectivity index (χ1n) is 7.23. The molecule has 2 rings (SSSR count). The number of furan rings is 1. The zero-order valence-electron chi connectivity index (χ0n) is 13.0.